The van der Waals surface area contributed by atoms with Crippen LogP contribution in [-0.4, -0.2) is 34.8 Å². The number of hydrogen-bond acceptors (Lipinski definition) is 6. The fraction of sp³-hybridized carbons (Fsp3) is 0.207. The number of carbonyl (C=O) groups excluding carboxylic acids is 2. The molecule has 2 amide bonds. The number of methoxy groups -OCH3 is 1. The highest BCUT2D eigenvalue weighted by molar-refractivity contribution is 8.26. The molecule has 1 saturated heterocycles. The van der Waals surface area contributed by atoms with Crippen LogP contribution >= 0.6 is 24.0 Å². The number of amides is 2. The Hall–Kier alpha value is -3.62. The van der Waals surface area contributed by atoms with E-state index < -0.39 is 0 Å². The Balaban J connectivity index is 1.44. The molecule has 37 heavy (non-hydrogen) atoms. The third-order valence-electron chi connectivity index (χ3n) is 6.22. The highest BCUT2D eigenvalue weighted by atomic mass is 32.2. The van der Waals surface area contributed by atoms with Gasteiger partial charge in [-0.2, -0.15) is 0 Å². The number of rotatable bonds is 8. The minimum Gasteiger partial charge on any atom is -0.493 e. The summed E-state index contributed by atoms with van der Waals surface area (Å²) in [5, 5.41) is 2.88. The first-order chi connectivity index (χ1) is 17.8. The zero-order valence-corrected chi connectivity index (χ0v) is 22.7. The van der Waals surface area contributed by atoms with Crippen molar-refractivity contribution in [2.75, 3.05) is 19.0 Å². The van der Waals surface area contributed by atoms with Gasteiger partial charge in [0.2, 0.25) is 0 Å². The molecule has 6 nitrogen and oxygen atoms in total. The lowest BCUT2D eigenvalue weighted by Gasteiger charge is -2.23. The first-order valence-electron chi connectivity index (χ1n) is 11.8. The number of carbonyl (C=O) groups is 2. The molecule has 0 radical (unpaired) electrons. The minimum atomic E-state index is -0.268. The normalized spacial score (nSPS) is 15.1. The van der Waals surface area contributed by atoms with Crippen LogP contribution in [0.25, 0.3) is 6.08 Å². The van der Waals surface area contributed by atoms with Crippen molar-refractivity contribution in [3.05, 3.63) is 93.9 Å². The van der Waals surface area contributed by atoms with Crippen LogP contribution in [0.2, 0.25) is 0 Å². The molecule has 3 aromatic rings. The molecule has 1 heterocycles. The van der Waals surface area contributed by atoms with Crippen LogP contribution in [-0.2, 0) is 9.59 Å². The van der Waals surface area contributed by atoms with Crippen molar-refractivity contribution >= 4 is 51.9 Å². The van der Waals surface area contributed by atoms with Gasteiger partial charge in [0, 0.05) is 5.69 Å². The zero-order chi connectivity index (χ0) is 26.5. The highest BCUT2D eigenvalue weighted by Gasteiger charge is 2.35. The monoisotopic (exact) mass is 532 g/mol. The van der Waals surface area contributed by atoms with Gasteiger partial charge >= 0.3 is 0 Å². The number of nitrogens with one attached hydrogen (secondary N) is 1. The van der Waals surface area contributed by atoms with Gasteiger partial charge in [0.05, 0.1) is 18.1 Å². The molecule has 1 fully saturated rings. The molecule has 1 aliphatic heterocycles. The molecule has 3 aromatic carbocycles. The Morgan fingerprint density at radius 2 is 1.84 bits per heavy atom. The quantitative estimate of drug-likeness (QED) is 0.272. The summed E-state index contributed by atoms with van der Waals surface area (Å²) in [6.45, 7) is 5.76. The molecule has 190 valence electrons. The number of thioether (sulfide) groups is 1. The first kappa shape index (κ1) is 26.4. The van der Waals surface area contributed by atoms with Crippen molar-refractivity contribution in [1.82, 2.24) is 4.90 Å². The summed E-state index contributed by atoms with van der Waals surface area (Å²) in [4.78, 5) is 27.8. The second-order valence-electron chi connectivity index (χ2n) is 8.63. The largest absolute Gasteiger partial charge is 0.493 e. The standard InChI is InChI=1S/C29H28N2O4S2/c1-18-9-8-12-23(19(18)2)30-27(32)17-35-24-14-13-21(15-25(24)34-4)16-26-28(33)31(29(36)37-26)20(3)22-10-6-5-7-11-22/h5-16,20H,17H2,1-4H3,(H,30,32)/b26-16-/t20-/m1/s1. The SMILES string of the molecule is COc1cc(/C=C2\SC(=S)N([C@H](C)c3ccccc3)C2=O)ccc1OCC(=O)Nc1cccc(C)c1C. The molecular weight excluding hydrogens is 504 g/mol. The predicted molar refractivity (Wildman–Crippen MR) is 153 cm³/mol. The predicted octanol–water partition coefficient (Wildman–Crippen LogP) is 6.29. The van der Waals surface area contributed by atoms with Gasteiger partial charge in [-0.3, -0.25) is 14.5 Å². The summed E-state index contributed by atoms with van der Waals surface area (Å²) in [5.41, 5.74) is 4.65. The van der Waals surface area contributed by atoms with Crippen molar-refractivity contribution in [3.63, 3.8) is 0 Å². The van der Waals surface area contributed by atoms with Crippen LogP contribution in [0.4, 0.5) is 5.69 Å². The van der Waals surface area contributed by atoms with Crippen molar-refractivity contribution in [2.45, 2.75) is 26.8 Å². The average Bonchev–Trinajstić information content (AvgIpc) is 3.18. The Morgan fingerprint density at radius 3 is 2.57 bits per heavy atom. The molecule has 1 N–H and O–H groups in total. The van der Waals surface area contributed by atoms with Crippen LogP contribution < -0.4 is 14.8 Å². The molecule has 0 unspecified atom stereocenters. The maximum atomic E-state index is 13.2. The molecule has 0 aromatic heterocycles. The first-order valence-corrected chi connectivity index (χ1v) is 13.0. The van der Waals surface area contributed by atoms with E-state index in [1.165, 1.54) is 18.9 Å². The topological polar surface area (TPSA) is 67.9 Å². The van der Waals surface area contributed by atoms with Gasteiger partial charge in [0.15, 0.2) is 18.1 Å². The lowest BCUT2D eigenvalue weighted by Crippen LogP contribution is -2.30. The molecule has 0 saturated carbocycles. The number of benzene rings is 3. The maximum Gasteiger partial charge on any atom is 0.266 e. The third-order valence-corrected chi connectivity index (χ3v) is 7.55. The van der Waals surface area contributed by atoms with Gasteiger partial charge < -0.3 is 14.8 Å². The lowest BCUT2D eigenvalue weighted by atomic mass is 10.1. The summed E-state index contributed by atoms with van der Waals surface area (Å²) >= 11 is 6.80. The van der Waals surface area contributed by atoms with E-state index in [9.17, 15) is 9.59 Å². The van der Waals surface area contributed by atoms with Gasteiger partial charge in [-0.25, -0.2) is 0 Å². The van der Waals surface area contributed by atoms with Crippen LogP contribution in [0.5, 0.6) is 11.5 Å². The van der Waals surface area contributed by atoms with E-state index in [2.05, 4.69) is 5.32 Å². The Kier molecular flexibility index (Phi) is 8.31. The fourth-order valence-electron chi connectivity index (χ4n) is 3.96. The number of nitrogens with zero attached hydrogens (tertiary/aromatic N) is 1. The summed E-state index contributed by atoms with van der Waals surface area (Å²) in [7, 11) is 1.53. The van der Waals surface area contributed by atoms with E-state index in [-0.39, 0.29) is 24.5 Å². The van der Waals surface area contributed by atoms with Gasteiger partial charge in [-0.15, -0.1) is 0 Å². The Bertz CT molecular complexity index is 1370. The van der Waals surface area contributed by atoms with Gasteiger partial charge in [0.25, 0.3) is 11.8 Å². The molecule has 0 bridgehead atoms. The number of thiocarbonyl (C=S) groups is 1. The van der Waals surface area contributed by atoms with Crippen molar-refractivity contribution in [3.8, 4) is 11.5 Å². The molecule has 1 aliphatic rings. The van der Waals surface area contributed by atoms with Crippen molar-refractivity contribution < 1.29 is 19.1 Å². The van der Waals surface area contributed by atoms with Crippen LogP contribution in [0.3, 0.4) is 0 Å². The fourth-order valence-corrected chi connectivity index (χ4v) is 5.37. The summed E-state index contributed by atoms with van der Waals surface area (Å²) in [6, 6.07) is 20.7. The van der Waals surface area contributed by atoms with Crippen molar-refractivity contribution in [2.24, 2.45) is 0 Å². The minimum absolute atomic E-state index is 0.131. The Labute approximate surface area is 226 Å². The van der Waals surface area contributed by atoms with Gasteiger partial charge in [-0.1, -0.05) is 72.5 Å². The number of aryl methyl sites for hydroxylation is 1. The van der Waals surface area contributed by atoms with Crippen molar-refractivity contribution in [1.29, 1.82) is 0 Å². The second kappa shape index (κ2) is 11.6. The molecule has 0 aliphatic carbocycles. The summed E-state index contributed by atoms with van der Waals surface area (Å²) in [5.74, 6) is 0.493. The summed E-state index contributed by atoms with van der Waals surface area (Å²) in [6.07, 6.45) is 1.79. The average molecular weight is 533 g/mol. The van der Waals surface area contributed by atoms with E-state index in [0.29, 0.717) is 20.7 Å². The van der Waals surface area contributed by atoms with E-state index in [4.69, 9.17) is 21.7 Å². The Morgan fingerprint density at radius 1 is 1.08 bits per heavy atom. The van der Waals surface area contributed by atoms with Crippen LogP contribution in [0, 0.1) is 13.8 Å². The molecule has 1 atom stereocenters. The maximum absolute atomic E-state index is 13.2. The van der Waals surface area contributed by atoms with E-state index in [1.807, 2.05) is 75.4 Å². The molecular formula is C29H28N2O4S2. The number of anilines is 1. The van der Waals surface area contributed by atoms with Crippen LogP contribution in [0.1, 0.15) is 35.2 Å². The van der Waals surface area contributed by atoms with Gasteiger partial charge in [-0.05, 0) is 67.3 Å². The third kappa shape index (κ3) is 6.03. The molecule has 4 rings (SSSR count). The van der Waals surface area contributed by atoms with E-state index >= 15 is 0 Å². The zero-order valence-electron chi connectivity index (χ0n) is 21.1. The highest BCUT2D eigenvalue weighted by Crippen LogP contribution is 2.39. The summed E-state index contributed by atoms with van der Waals surface area (Å²) < 4.78 is 11.7. The van der Waals surface area contributed by atoms with E-state index in [1.54, 1.807) is 23.1 Å². The smallest absolute Gasteiger partial charge is 0.266 e. The molecule has 8 heteroatoms. The van der Waals surface area contributed by atoms with Crippen LogP contribution in [0.15, 0.2) is 71.6 Å². The van der Waals surface area contributed by atoms with Gasteiger partial charge in [0.1, 0.15) is 4.32 Å². The molecule has 0 spiro atoms. The number of hydrogen-bond donors (Lipinski definition) is 1. The van der Waals surface area contributed by atoms with E-state index in [0.717, 1.165) is 27.9 Å². The second-order valence-corrected chi connectivity index (χ2v) is 10.3. The lowest BCUT2D eigenvalue weighted by molar-refractivity contribution is -0.123. The number of ether oxygens (including phenoxy) is 2.